The molecule has 2 N–H and O–H groups in total. The van der Waals surface area contributed by atoms with Crippen molar-refractivity contribution in [1.29, 1.82) is 0 Å². The molecule has 162 valence electrons. The number of rotatable bonds is 2. The highest BCUT2D eigenvalue weighted by Gasteiger charge is 2.25. The summed E-state index contributed by atoms with van der Waals surface area (Å²) in [7, 11) is 0. The van der Waals surface area contributed by atoms with Gasteiger partial charge in [-0.05, 0) is 49.4 Å². The molecule has 0 saturated carbocycles. The van der Waals surface area contributed by atoms with Gasteiger partial charge in [0, 0.05) is 45.9 Å². The van der Waals surface area contributed by atoms with Gasteiger partial charge >= 0.3 is 6.18 Å². The molecule has 0 radical (unpaired) electrons. The second-order valence-electron chi connectivity index (χ2n) is 7.61. The fraction of sp³-hybridized carbons (Fsp3) is 0.174. The number of thiophene rings is 1. The molecule has 0 fully saturated rings. The first-order valence-corrected chi connectivity index (χ1v) is 10.7. The van der Waals surface area contributed by atoms with Crippen LogP contribution in [0.15, 0.2) is 48.7 Å². The molecule has 1 aliphatic rings. The standard InChI is InChI=1S/C23H17F3N4OS/c1-12-11-28-20-19-15-2-3-16(13-7-9-27-14(10-13)6-8-23(24,25)26)30-17(15)4-5-18(19)32-21(20)22(31)29-12/h2-10,12,28H,11H2,1H3,(H,29,31)/b8-6+/t12-/m1/s1. The molecule has 5 rings (SSSR count). The van der Waals surface area contributed by atoms with Gasteiger partial charge in [-0.2, -0.15) is 13.2 Å². The van der Waals surface area contributed by atoms with E-state index in [1.807, 2.05) is 31.2 Å². The second kappa shape index (κ2) is 7.59. The number of carbonyl (C=O) groups excluding carboxylic acids is 1. The van der Waals surface area contributed by atoms with E-state index in [2.05, 4.69) is 15.6 Å². The molecule has 1 amide bonds. The van der Waals surface area contributed by atoms with Crippen molar-refractivity contribution >= 4 is 50.0 Å². The predicted octanol–water partition coefficient (Wildman–Crippen LogP) is 5.63. The first kappa shape index (κ1) is 20.4. The summed E-state index contributed by atoms with van der Waals surface area (Å²) in [5, 5.41) is 8.23. The van der Waals surface area contributed by atoms with Gasteiger partial charge in [0.25, 0.3) is 5.91 Å². The highest BCUT2D eigenvalue weighted by atomic mass is 32.1. The number of pyridine rings is 2. The summed E-state index contributed by atoms with van der Waals surface area (Å²) in [6, 6.07) is 10.9. The molecule has 3 aromatic heterocycles. The van der Waals surface area contributed by atoms with Crippen LogP contribution in [-0.4, -0.2) is 34.6 Å². The Hall–Kier alpha value is -3.46. The minimum absolute atomic E-state index is 0.0177. The van der Waals surface area contributed by atoms with Gasteiger partial charge in [0.1, 0.15) is 4.88 Å². The van der Waals surface area contributed by atoms with Crippen LogP contribution in [-0.2, 0) is 0 Å². The molecule has 9 heteroatoms. The molecule has 4 aromatic rings. The van der Waals surface area contributed by atoms with Crippen molar-refractivity contribution in [2.24, 2.45) is 0 Å². The van der Waals surface area contributed by atoms with Gasteiger partial charge in [-0.1, -0.05) is 0 Å². The van der Waals surface area contributed by atoms with E-state index in [4.69, 9.17) is 4.98 Å². The third-order valence-corrected chi connectivity index (χ3v) is 6.36. The SMILES string of the molecule is C[C@@H]1CNc2c(sc3ccc4nc(-c5ccnc(/C=C/C(F)(F)F)c5)ccc4c23)C(=O)N1. The van der Waals surface area contributed by atoms with E-state index < -0.39 is 6.18 Å². The first-order chi connectivity index (χ1) is 15.3. The number of carbonyl (C=O) groups is 1. The molecule has 0 unspecified atom stereocenters. The average Bonchev–Trinajstić information content (AvgIpc) is 3.08. The molecule has 1 atom stereocenters. The van der Waals surface area contributed by atoms with Crippen molar-refractivity contribution in [3.05, 3.63) is 59.2 Å². The number of fused-ring (bicyclic) bond motifs is 5. The fourth-order valence-electron chi connectivity index (χ4n) is 3.77. The third kappa shape index (κ3) is 3.80. The number of nitrogens with zero attached hydrogens (tertiary/aromatic N) is 2. The topological polar surface area (TPSA) is 66.9 Å². The van der Waals surface area contributed by atoms with Crippen molar-refractivity contribution in [2.75, 3.05) is 11.9 Å². The van der Waals surface area contributed by atoms with Crippen molar-refractivity contribution < 1.29 is 18.0 Å². The highest BCUT2D eigenvalue weighted by molar-refractivity contribution is 7.21. The van der Waals surface area contributed by atoms with Crippen LogP contribution < -0.4 is 10.6 Å². The van der Waals surface area contributed by atoms with Crippen molar-refractivity contribution in [3.8, 4) is 11.3 Å². The number of allylic oxidation sites excluding steroid dienone is 1. The number of aromatic nitrogens is 2. The van der Waals surface area contributed by atoms with E-state index >= 15 is 0 Å². The predicted molar refractivity (Wildman–Crippen MR) is 121 cm³/mol. The number of hydrogen-bond acceptors (Lipinski definition) is 5. The molecule has 1 aliphatic heterocycles. The number of hydrogen-bond donors (Lipinski definition) is 2. The van der Waals surface area contributed by atoms with Crippen molar-refractivity contribution in [3.63, 3.8) is 0 Å². The highest BCUT2D eigenvalue weighted by Crippen LogP contribution is 2.41. The number of anilines is 1. The van der Waals surface area contributed by atoms with Crippen LogP contribution >= 0.6 is 11.3 Å². The summed E-state index contributed by atoms with van der Waals surface area (Å²) in [5.74, 6) is -0.0901. The fourth-order valence-corrected chi connectivity index (χ4v) is 4.86. The van der Waals surface area contributed by atoms with Crippen LogP contribution in [0.2, 0.25) is 0 Å². The minimum atomic E-state index is -4.40. The van der Waals surface area contributed by atoms with Crippen LogP contribution in [0, 0.1) is 0 Å². The Bertz CT molecular complexity index is 1390. The Morgan fingerprint density at radius 1 is 1.19 bits per heavy atom. The monoisotopic (exact) mass is 454 g/mol. The number of alkyl halides is 3. The van der Waals surface area contributed by atoms with Gasteiger partial charge in [0.15, 0.2) is 0 Å². The maximum Gasteiger partial charge on any atom is 0.409 e. The number of benzene rings is 1. The maximum absolute atomic E-state index is 12.6. The zero-order valence-corrected chi connectivity index (χ0v) is 17.6. The summed E-state index contributed by atoms with van der Waals surface area (Å²) in [5.41, 5.74) is 3.04. The van der Waals surface area contributed by atoms with Gasteiger partial charge < -0.3 is 10.6 Å². The van der Waals surface area contributed by atoms with E-state index in [0.717, 1.165) is 32.8 Å². The van der Waals surface area contributed by atoms with E-state index in [9.17, 15) is 18.0 Å². The van der Waals surface area contributed by atoms with Gasteiger partial charge in [0.05, 0.1) is 22.6 Å². The average molecular weight is 454 g/mol. The lowest BCUT2D eigenvalue weighted by Gasteiger charge is -2.10. The Labute approximate surface area is 185 Å². The summed E-state index contributed by atoms with van der Waals surface area (Å²) < 4.78 is 38.4. The molecule has 32 heavy (non-hydrogen) atoms. The van der Waals surface area contributed by atoms with Gasteiger partial charge in [-0.25, -0.2) is 4.98 Å². The zero-order valence-electron chi connectivity index (χ0n) is 16.8. The van der Waals surface area contributed by atoms with E-state index in [-0.39, 0.29) is 23.7 Å². The van der Waals surface area contributed by atoms with Crippen LogP contribution in [0.4, 0.5) is 18.9 Å². The molecule has 5 nitrogen and oxygen atoms in total. The molecule has 0 aliphatic carbocycles. The van der Waals surface area contributed by atoms with Crippen LogP contribution in [0.25, 0.3) is 38.3 Å². The van der Waals surface area contributed by atoms with Gasteiger partial charge in [-0.3, -0.25) is 9.78 Å². The quantitative estimate of drug-likeness (QED) is 0.412. The minimum Gasteiger partial charge on any atom is -0.381 e. The lowest BCUT2D eigenvalue weighted by molar-refractivity contribution is -0.0790. The summed E-state index contributed by atoms with van der Waals surface area (Å²) >= 11 is 1.44. The number of nitrogens with one attached hydrogen (secondary N) is 2. The summed E-state index contributed by atoms with van der Waals surface area (Å²) in [4.78, 5) is 21.9. The lowest BCUT2D eigenvalue weighted by atomic mass is 10.1. The van der Waals surface area contributed by atoms with Crippen LogP contribution in [0.5, 0.6) is 0 Å². The Kier molecular flexibility index (Phi) is 4.85. The maximum atomic E-state index is 12.6. The third-order valence-electron chi connectivity index (χ3n) is 5.21. The van der Waals surface area contributed by atoms with Gasteiger partial charge in [-0.15, -0.1) is 11.3 Å². The second-order valence-corrected chi connectivity index (χ2v) is 8.66. The molecule has 0 spiro atoms. The molecule has 1 aromatic carbocycles. The summed E-state index contributed by atoms with van der Waals surface area (Å²) in [6.07, 6.45) is -1.84. The van der Waals surface area contributed by atoms with E-state index in [1.165, 1.54) is 17.5 Å². The number of halogens is 3. The summed E-state index contributed by atoms with van der Waals surface area (Å²) in [6.45, 7) is 2.57. The first-order valence-electron chi connectivity index (χ1n) is 9.92. The molecule has 4 heterocycles. The Balaban J connectivity index is 1.59. The molecule has 0 saturated heterocycles. The normalized spacial score (nSPS) is 16.8. The zero-order chi connectivity index (χ0) is 22.5. The largest absolute Gasteiger partial charge is 0.409 e. The van der Waals surface area contributed by atoms with E-state index in [0.29, 0.717) is 22.7 Å². The molecular formula is C23H17F3N4OS. The van der Waals surface area contributed by atoms with Crippen molar-refractivity contribution in [2.45, 2.75) is 19.1 Å². The van der Waals surface area contributed by atoms with Crippen LogP contribution in [0.3, 0.4) is 0 Å². The lowest BCUT2D eigenvalue weighted by Crippen LogP contribution is -2.34. The molecular weight excluding hydrogens is 437 g/mol. The Morgan fingerprint density at radius 3 is 2.84 bits per heavy atom. The van der Waals surface area contributed by atoms with Gasteiger partial charge in [0.2, 0.25) is 0 Å². The van der Waals surface area contributed by atoms with E-state index in [1.54, 1.807) is 12.1 Å². The number of amides is 1. The molecule has 0 bridgehead atoms. The smallest absolute Gasteiger partial charge is 0.381 e. The van der Waals surface area contributed by atoms with Crippen molar-refractivity contribution in [1.82, 2.24) is 15.3 Å². The Morgan fingerprint density at radius 2 is 2.03 bits per heavy atom. The van der Waals surface area contributed by atoms with Crippen LogP contribution in [0.1, 0.15) is 22.3 Å².